The van der Waals surface area contributed by atoms with Crippen molar-refractivity contribution in [2.24, 2.45) is 5.92 Å². The van der Waals surface area contributed by atoms with Gasteiger partial charge >= 0.3 is 0 Å². The molecule has 1 aliphatic rings. The Hall–Kier alpha value is -3.60. The Morgan fingerprint density at radius 3 is 2.42 bits per heavy atom. The van der Waals surface area contributed by atoms with E-state index in [1.165, 1.54) is 18.4 Å². The van der Waals surface area contributed by atoms with Crippen LogP contribution in [0.1, 0.15) is 29.5 Å². The van der Waals surface area contributed by atoms with Gasteiger partial charge < -0.3 is 15.0 Å². The molecule has 5 nitrogen and oxygen atoms in total. The number of hydrogen-bond acceptors (Lipinski definition) is 3. The van der Waals surface area contributed by atoms with Crippen LogP contribution < -0.4 is 15.0 Å². The Labute approximate surface area is 195 Å². The van der Waals surface area contributed by atoms with Gasteiger partial charge in [0.15, 0.2) is 6.61 Å². The smallest absolute Gasteiger partial charge is 0.265 e. The molecule has 4 rings (SSSR count). The van der Waals surface area contributed by atoms with Gasteiger partial charge in [-0.2, -0.15) is 0 Å². The van der Waals surface area contributed by atoms with E-state index >= 15 is 0 Å². The number of benzene rings is 3. The fraction of sp³-hybridized carbons (Fsp3) is 0.286. The molecule has 170 valence electrons. The molecule has 0 bridgehead atoms. The first-order valence-electron chi connectivity index (χ1n) is 11.5. The van der Waals surface area contributed by atoms with E-state index in [1.54, 1.807) is 4.90 Å². The fourth-order valence-corrected chi connectivity index (χ4v) is 3.60. The second-order valence-corrected chi connectivity index (χ2v) is 8.66. The highest BCUT2D eigenvalue weighted by Crippen LogP contribution is 2.27. The van der Waals surface area contributed by atoms with Crippen LogP contribution in [0.25, 0.3) is 0 Å². The number of hydrogen-bond donors (Lipinski definition) is 1. The molecular formula is C28H30N2O3. The van der Waals surface area contributed by atoms with E-state index in [9.17, 15) is 9.59 Å². The summed E-state index contributed by atoms with van der Waals surface area (Å²) in [6, 6.07) is 25.1. The summed E-state index contributed by atoms with van der Waals surface area (Å²) in [5.41, 5.74) is 3.83. The Kier molecular flexibility index (Phi) is 7.40. The van der Waals surface area contributed by atoms with E-state index in [0.717, 1.165) is 23.4 Å². The SMILES string of the molecule is Cc1ccc(CN(C(=O)COc2ccccc2)c2cccc(CC(=O)NCC3CC3)c2)cc1. The highest BCUT2D eigenvalue weighted by molar-refractivity contribution is 5.94. The molecule has 5 heteroatoms. The number of nitrogens with one attached hydrogen (secondary N) is 1. The first-order valence-corrected chi connectivity index (χ1v) is 11.5. The van der Waals surface area contributed by atoms with E-state index in [0.29, 0.717) is 24.6 Å². The third-order valence-corrected chi connectivity index (χ3v) is 5.74. The molecule has 0 heterocycles. The molecule has 0 radical (unpaired) electrons. The molecule has 3 aromatic carbocycles. The fourth-order valence-electron chi connectivity index (χ4n) is 3.60. The van der Waals surface area contributed by atoms with Crippen molar-refractivity contribution in [3.63, 3.8) is 0 Å². The summed E-state index contributed by atoms with van der Waals surface area (Å²) < 4.78 is 5.73. The van der Waals surface area contributed by atoms with E-state index in [4.69, 9.17) is 4.74 Å². The van der Waals surface area contributed by atoms with Gasteiger partial charge in [-0.15, -0.1) is 0 Å². The zero-order valence-corrected chi connectivity index (χ0v) is 19.0. The van der Waals surface area contributed by atoms with Crippen LogP contribution in [-0.2, 0) is 22.6 Å². The van der Waals surface area contributed by atoms with Crippen LogP contribution >= 0.6 is 0 Å². The Bertz CT molecular complexity index is 1080. The van der Waals surface area contributed by atoms with Gasteiger partial charge in [0, 0.05) is 12.2 Å². The molecule has 1 N–H and O–H groups in total. The molecule has 0 aromatic heterocycles. The molecule has 3 aromatic rings. The predicted octanol–water partition coefficient (Wildman–Crippen LogP) is 4.68. The molecular weight excluding hydrogens is 412 g/mol. The van der Waals surface area contributed by atoms with Gasteiger partial charge in [-0.3, -0.25) is 9.59 Å². The van der Waals surface area contributed by atoms with Crippen LogP contribution in [0.2, 0.25) is 0 Å². The third-order valence-electron chi connectivity index (χ3n) is 5.74. The second kappa shape index (κ2) is 10.8. The number of amides is 2. The quantitative estimate of drug-likeness (QED) is 0.496. The number of ether oxygens (including phenoxy) is 1. The molecule has 0 spiro atoms. The van der Waals surface area contributed by atoms with Crippen LogP contribution in [0.4, 0.5) is 5.69 Å². The summed E-state index contributed by atoms with van der Waals surface area (Å²) in [5.74, 6) is 1.17. The van der Waals surface area contributed by atoms with Crippen molar-refractivity contribution in [3.05, 3.63) is 95.6 Å². The molecule has 0 atom stereocenters. The standard InChI is InChI=1S/C28H30N2O3/c1-21-10-12-23(13-11-21)19-30(28(32)20-33-26-8-3-2-4-9-26)25-7-5-6-24(16-25)17-27(31)29-18-22-14-15-22/h2-13,16,22H,14-15,17-20H2,1H3,(H,29,31). The third kappa shape index (κ3) is 6.94. The number of carbonyl (C=O) groups excluding carboxylic acids is 2. The average Bonchev–Trinajstić information content (AvgIpc) is 3.66. The minimum atomic E-state index is -0.144. The maximum absolute atomic E-state index is 13.2. The monoisotopic (exact) mass is 442 g/mol. The summed E-state index contributed by atoms with van der Waals surface area (Å²) in [5, 5.41) is 3.01. The summed E-state index contributed by atoms with van der Waals surface area (Å²) >= 11 is 0. The number of aryl methyl sites for hydroxylation is 1. The van der Waals surface area contributed by atoms with Gasteiger partial charge in [-0.05, 0) is 61.1 Å². The Morgan fingerprint density at radius 1 is 0.939 bits per heavy atom. The number of nitrogens with zero attached hydrogens (tertiary/aromatic N) is 1. The van der Waals surface area contributed by atoms with Crippen LogP contribution in [0.3, 0.4) is 0 Å². The molecule has 1 aliphatic carbocycles. The first-order chi connectivity index (χ1) is 16.1. The lowest BCUT2D eigenvalue weighted by molar-refractivity contribution is -0.121. The largest absolute Gasteiger partial charge is 0.484 e. The summed E-state index contributed by atoms with van der Waals surface area (Å²) in [4.78, 5) is 27.3. The minimum Gasteiger partial charge on any atom is -0.484 e. The topological polar surface area (TPSA) is 58.6 Å². The number of rotatable bonds is 10. The maximum atomic E-state index is 13.2. The van der Waals surface area contributed by atoms with E-state index in [1.807, 2.05) is 85.8 Å². The van der Waals surface area contributed by atoms with Gasteiger partial charge in [0.25, 0.3) is 5.91 Å². The molecule has 0 saturated heterocycles. The predicted molar refractivity (Wildman–Crippen MR) is 130 cm³/mol. The molecule has 1 saturated carbocycles. The van der Waals surface area contributed by atoms with Crippen molar-refractivity contribution in [1.82, 2.24) is 5.32 Å². The lowest BCUT2D eigenvalue weighted by atomic mass is 10.1. The Morgan fingerprint density at radius 2 is 1.70 bits per heavy atom. The normalized spacial score (nSPS) is 12.8. The van der Waals surface area contributed by atoms with Crippen LogP contribution in [0.5, 0.6) is 5.75 Å². The van der Waals surface area contributed by atoms with E-state index in [2.05, 4.69) is 5.32 Å². The van der Waals surface area contributed by atoms with Crippen molar-refractivity contribution >= 4 is 17.5 Å². The molecule has 0 aliphatic heterocycles. The lowest BCUT2D eigenvalue weighted by Gasteiger charge is -2.24. The van der Waals surface area contributed by atoms with Gasteiger partial charge in [-0.25, -0.2) is 0 Å². The van der Waals surface area contributed by atoms with Gasteiger partial charge in [-0.1, -0.05) is 60.2 Å². The molecule has 0 unspecified atom stereocenters. The molecule has 2 amide bonds. The van der Waals surface area contributed by atoms with Crippen molar-refractivity contribution < 1.29 is 14.3 Å². The van der Waals surface area contributed by atoms with E-state index < -0.39 is 0 Å². The van der Waals surface area contributed by atoms with Crippen molar-refractivity contribution in [1.29, 1.82) is 0 Å². The van der Waals surface area contributed by atoms with E-state index in [-0.39, 0.29) is 18.4 Å². The summed E-state index contributed by atoms with van der Waals surface area (Å²) in [6.45, 7) is 3.15. The average molecular weight is 443 g/mol. The number of carbonyl (C=O) groups is 2. The first kappa shape index (κ1) is 22.6. The number of anilines is 1. The van der Waals surface area contributed by atoms with Crippen LogP contribution in [0, 0.1) is 12.8 Å². The van der Waals surface area contributed by atoms with Gasteiger partial charge in [0.2, 0.25) is 5.91 Å². The number of para-hydroxylation sites is 1. The second-order valence-electron chi connectivity index (χ2n) is 8.66. The highest BCUT2D eigenvalue weighted by Gasteiger charge is 2.22. The highest BCUT2D eigenvalue weighted by atomic mass is 16.5. The zero-order valence-electron chi connectivity index (χ0n) is 19.0. The summed E-state index contributed by atoms with van der Waals surface area (Å²) in [6.07, 6.45) is 2.71. The Balaban J connectivity index is 1.49. The van der Waals surface area contributed by atoms with Crippen molar-refractivity contribution in [3.8, 4) is 5.75 Å². The van der Waals surface area contributed by atoms with Crippen molar-refractivity contribution in [2.75, 3.05) is 18.1 Å². The van der Waals surface area contributed by atoms with Crippen LogP contribution in [-0.4, -0.2) is 25.0 Å². The lowest BCUT2D eigenvalue weighted by Crippen LogP contribution is -2.34. The van der Waals surface area contributed by atoms with Crippen molar-refractivity contribution in [2.45, 2.75) is 32.7 Å². The van der Waals surface area contributed by atoms with Gasteiger partial charge in [0.05, 0.1) is 13.0 Å². The van der Waals surface area contributed by atoms with Gasteiger partial charge in [0.1, 0.15) is 5.75 Å². The molecule has 1 fully saturated rings. The summed E-state index contributed by atoms with van der Waals surface area (Å²) in [7, 11) is 0. The zero-order chi connectivity index (χ0) is 23.0. The van der Waals surface area contributed by atoms with Crippen LogP contribution in [0.15, 0.2) is 78.9 Å². The molecule has 33 heavy (non-hydrogen) atoms. The minimum absolute atomic E-state index is 0.0165. The maximum Gasteiger partial charge on any atom is 0.265 e.